The summed E-state index contributed by atoms with van der Waals surface area (Å²) in [5.41, 5.74) is 2.11. The standard InChI is InChI=1S/C12H15N5O2/c1-19-8-11-4-2-3-10(5-11)6-13-12(18)7-17-9-14-15-16-17/h2-5,9H,6-8H2,1H3,(H,13,18). The van der Waals surface area contributed by atoms with Gasteiger partial charge in [-0.3, -0.25) is 4.79 Å². The topological polar surface area (TPSA) is 81.9 Å². The van der Waals surface area contributed by atoms with E-state index in [0.717, 1.165) is 11.1 Å². The summed E-state index contributed by atoms with van der Waals surface area (Å²) in [5, 5.41) is 13.4. The highest BCUT2D eigenvalue weighted by molar-refractivity contribution is 5.75. The predicted octanol–water partition coefficient (Wildman–Crippen LogP) is 0.136. The van der Waals surface area contributed by atoms with Crippen molar-refractivity contribution in [2.45, 2.75) is 19.7 Å². The van der Waals surface area contributed by atoms with E-state index in [1.807, 2.05) is 24.3 Å². The van der Waals surface area contributed by atoms with Crippen LogP contribution in [0.25, 0.3) is 0 Å². The predicted molar refractivity (Wildman–Crippen MR) is 66.8 cm³/mol. The number of nitrogens with zero attached hydrogens (tertiary/aromatic N) is 4. The number of rotatable bonds is 6. The third-order valence-corrected chi connectivity index (χ3v) is 2.49. The normalized spacial score (nSPS) is 10.4. The monoisotopic (exact) mass is 261 g/mol. The van der Waals surface area contributed by atoms with Crippen molar-refractivity contribution >= 4 is 5.91 Å². The molecule has 0 aliphatic heterocycles. The van der Waals surface area contributed by atoms with Crippen LogP contribution in [0.15, 0.2) is 30.6 Å². The molecular weight excluding hydrogens is 246 g/mol. The molecule has 0 unspecified atom stereocenters. The van der Waals surface area contributed by atoms with Gasteiger partial charge in [-0.05, 0) is 21.6 Å². The number of nitrogens with one attached hydrogen (secondary N) is 1. The number of aromatic nitrogens is 4. The summed E-state index contributed by atoms with van der Waals surface area (Å²) in [7, 11) is 1.65. The second-order valence-electron chi connectivity index (χ2n) is 4.04. The van der Waals surface area contributed by atoms with Crippen LogP contribution in [0.5, 0.6) is 0 Å². The van der Waals surface area contributed by atoms with Gasteiger partial charge in [0.15, 0.2) is 0 Å². The molecule has 1 heterocycles. The second-order valence-corrected chi connectivity index (χ2v) is 4.04. The number of amides is 1. The lowest BCUT2D eigenvalue weighted by atomic mass is 10.1. The highest BCUT2D eigenvalue weighted by atomic mass is 16.5. The molecule has 0 radical (unpaired) electrons. The molecule has 0 saturated heterocycles. The van der Waals surface area contributed by atoms with Gasteiger partial charge in [0.25, 0.3) is 0 Å². The molecule has 7 heteroatoms. The summed E-state index contributed by atoms with van der Waals surface area (Å²) >= 11 is 0. The van der Waals surface area contributed by atoms with Crippen LogP contribution in [-0.2, 0) is 29.2 Å². The van der Waals surface area contributed by atoms with Crippen LogP contribution in [0.4, 0.5) is 0 Å². The van der Waals surface area contributed by atoms with Crippen LogP contribution in [0, 0.1) is 0 Å². The van der Waals surface area contributed by atoms with Crippen molar-refractivity contribution in [3.63, 3.8) is 0 Å². The van der Waals surface area contributed by atoms with Gasteiger partial charge in [-0.25, -0.2) is 4.68 Å². The Bertz CT molecular complexity index is 527. The fourth-order valence-electron chi connectivity index (χ4n) is 1.65. The molecule has 0 fully saturated rings. The Labute approximate surface area is 110 Å². The van der Waals surface area contributed by atoms with Crippen molar-refractivity contribution in [1.29, 1.82) is 0 Å². The number of benzene rings is 1. The first-order valence-corrected chi connectivity index (χ1v) is 5.82. The molecule has 0 aliphatic carbocycles. The van der Waals surface area contributed by atoms with Crippen LogP contribution < -0.4 is 5.32 Å². The molecule has 1 aromatic carbocycles. The Morgan fingerprint density at radius 1 is 1.42 bits per heavy atom. The number of hydrogen-bond acceptors (Lipinski definition) is 5. The lowest BCUT2D eigenvalue weighted by Gasteiger charge is -2.06. The largest absolute Gasteiger partial charge is 0.380 e. The molecule has 0 atom stereocenters. The summed E-state index contributed by atoms with van der Waals surface area (Å²) in [5.74, 6) is -0.135. The van der Waals surface area contributed by atoms with Crippen molar-refractivity contribution in [2.24, 2.45) is 0 Å². The average molecular weight is 261 g/mol. The van der Waals surface area contributed by atoms with Gasteiger partial charge in [0, 0.05) is 13.7 Å². The van der Waals surface area contributed by atoms with E-state index >= 15 is 0 Å². The third-order valence-electron chi connectivity index (χ3n) is 2.49. The quantitative estimate of drug-likeness (QED) is 0.799. The zero-order valence-corrected chi connectivity index (χ0v) is 10.6. The molecule has 0 aliphatic rings. The van der Waals surface area contributed by atoms with E-state index in [-0.39, 0.29) is 12.5 Å². The molecule has 1 aromatic heterocycles. The highest BCUT2D eigenvalue weighted by Crippen LogP contribution is 2.06. The molecule has 2 aromatic rings. The summed E-state index contributed by atoms with van der Waals surface area (Å²) in [6, 6.07) is 7.88. The Morgan fingerprint density at radius 2 is 2.26 bits per heavy atom. The van der Waals surface area contributed by atoms with Crippen molar-refractivity contribution in [2.75, 3.05) is 7.11 Å². The average Bonchev–Trinajstić information content (AvgIpc) is 2.90. The summed E-state index contributed by atoms with van der Waals surface area (Å²) < 4.78 is 6.44. The number of ether oxygens (including phenoxy) is 1. The molecule has 1 N–H and O–H groups in total. The van der Waals surface area contributed by atoms with E-state index in [4.69, 9.17) is 4.74 Å². The smallest absolute Gasteiger partial charge is 0.242 e. The fraction of sp³-hybridized carbons (Fsp3) is 0.333. The minimum absolute atomic E-state index is 0.116. The first kappa shape index (κ1) is 13.2. The minimum atomic E-state index is -0.135. The van der Waals surface area contributed by atoms with Gasteiger partial charge in [0.1, 0.15) is 12.9 Å². The van der Waals surface area contributed by atoms with Gasteiger partial charge in [-0.1, -0.05) is 24.3 Å². The Morgan fingerprint density at radius 3 is 3.00 bits per heavy atom. The van der Waals surface area contributed by atoms with Crippen LogP contribution in [0.3, 0.4) is 0 Å². The third kappa shape index (κ3) is 4.14. The van der Waals surface area contributed by atoms with Gasteiger partial charge >= 0.3 is 0 Å². The maximum atomic E-state index is 11.6. The number of methoxy groups -OCH3 is 1. The van der Waals surface area contributed by atoms with E-state index < -0.39 is 0 Å². The molecule has 0 bridgehead atoms. The SMILES string of the molecule is COCc1cccc(CNC(=O)Cn2cnnn2)c1. The van der Waals surface area contributed by atoms with Crippen molar-refractivity contribution < 1.29 is 9.53 Å². The molecule has 0 spiro atoms. The van der Waals surface area contributed by atoms with Crippen LogP contribution in [0.2, 0.25) is 0 Å². The first-order valence-electron chi connectivity index (χ1n) is 5.82. The second kappa shape index (κ2) is 6.60. The lowest BCUT2D eigenvalue weighted by molar-refractivity contribution is -0.122. The first-order chi connectivity index (χ1) is 9.28. The van der Waals surface area contributed by atoms with Gasteiger partial charge in [-0.2, -0.15) is 0 Å². The zero-order valence-electron chi connectivity index (χ0n) is 10.6. The summed E-state index contributed by atoms with van der Waals surface area (Å²) in [4.78, 5) is 11.6. The number of carbonyl (C=O) groups excluding carboxylic acids is 1. The molecular formula is C12H15N5O2. The highest BCUT2D eigenvalue weighted by Gasteiger charge is 2.04. The van der Waals surface area contributed by atoms with Crippen molar-refractivity contribution in [3.8, 4) is 0 Å². The van der Waals surface area contributed by atoms with Crippen LogP contribution >= 0.6 is 0 Å². The molecule has 19 heavy (non-hydrogen) atoms. The molecule has 1 amide bonds. The Hall–Kier alpha value is -2.28. The maximum absolute atomic E-state index is 11.6. The molecule has 7 nitrogen and oxygen atoms in total. The summed E-state index contributed by atoms with van der Waals surface area (Å²) in [6.07, 6.45) is 1.40. The van der Waals surface area contributed by atoms with Crippen molar-refractivity contribution in [1.82, 2.24) is 25.5 Å². The number of carbonyl (C=O) groups is 1. The zero-order chi connectivity index (χ0) is 13.5. The lowest BCUT2D eigenvalue weighted by Crippen LogP contribution is -2.27. The van der Waals surface area contributed by atoms with E-state index in [0.29, 0.717) is 13.2 Å². The number of tetrazole rings is 1. The van der Waals surface area contributed by atoms with Crippen LogP contribution in [-0.4, -0.2) is 33.2 Å². The van der Waals surface area contributed by atoms with Crippen LogP contribution in [0.1, 0.15) is 11.1 Å². The maximum Gasteiger partial charge on any atom is 0.242 e. The molecule has 100 valence electrons. The Balaban J connectivity index is 1.84. The number of hydrogen-bond donors (Lipinski definition) is 1. The van der Waals surface area contributed by atoms with Gasteiger partial charge in [0.05, 0.1) is 6.61 Å². The molecule has 0 saturated carbocycles. The molecule has 2 rings (SSSR count). The van der Waals surface area contributed by atoms with E-state index in [2.05, 4.69) is 20.8 Å². The summed E-state index contributed by atoms with van der Waals surface area (Å²) in [6.45, 7) is 1.15. The van der Waals surface area contributed by atoms with Gasteiger partial charge in [0.2, 0.25) is 5.91 Å². The Kier molecular flexibility index (Phi) is 4.57. The van der Waals surface area contributed by atoms with E-state index in [1.54, 1.807) is 7.11 Å². The van der Waals surface area contributed by atoms with E-state index in [9.17, 15) is 4.79 Å². The van der Waals surface area contributed by atoms with Gasteiger partial charge < -0.3 is 10.1 Å². The van der Waals surface area contributed by atoms with E-state index in [1.165, 1.54) is 11.0 Å². The minimum Gasteiger partial charge on any atom is -0.380 e. The van der Waals surface area contributed by atoms with Gasteiger partial charge in [-0.15, -0.1) is 5.10 Å². The van der Waals surface area contributed by atoms with Crippen molar-refractivity contribution in [3.05, 3.63) is 41.7 Å². The fourth-order valence-corrected chi connectivity index (χ4v) is 1.65.